The number of aryl methyl sites for hydroxylation is 1. The average molecular weight is 180 g/mol. The summed E-state index contributed by atoms with van der Waals surface area (Å²) in [6, 6.07) is 0. The third-order valence-corrected chi connectivity index (χ3v) is 2.71. The Morgan fingerprint density at radius 2 is 2.42 bits per heavy atom. The van der Waals surface area contributed by atoms with E-state index in [2.05, 4.69) is 4.98 Å². The van der Waals surface area contributed by atoms with Crippen molar-refractivity contribution in [3.8, 4) is 0 Å². The lowest BCUT2D eigenvalue weighted by Gasteiger charge is -1.84. The van der Waals surface area contributed by atoms with E-state index in [0.717, 1.165) is 10.7 Å². The Hall–Kier alpha value is -1.16. The Kier molecular flexibility index (Phi) is 1.51. The van der Waals surface area contributed by atoms with Gasteiger partial charge in [0.15, 0.2) is 10.7 Å². The first-order valence-corrected chi connectivity index (χ1v) is 4.50. The van der Waals surface area contributed by atoms with E-state index >= 15 is 0 Å². The fourth-order valence-corrected chi connectivity index (χ4v) is 1.91. The quantitative estimate of drug-likeness (QED) is 0.628. The summed E-state index contributed by atoms with van der Waals surface area (Å²) in [5.41, 5.74) is 1.67. The second kappa shape index (κ2) is 2.42. The highest BCUT2D eigenvalue weighted by Gasteiger charge is 2.07. The summed E-state index contributed by atoms with van der Waals surface area (Å²) in [4.78, 5) is 16.0. The fourth-order valence-electron chi connectivity index (χ4n) is 1.06. The van der Waals surface area contributed by atoms with Gasteiger partial charge in [-0.3, -0.25) is 9.20 Å². The number of nitrogens with zero attached hydrogens (tertiary/aromatic N) is 2. The molecule has 0 saturated carbocycles. The molecule has 0 radical (unpaired) electrons. The molecule has 0 aromatic carbocycles. The number of hydrogen-bond donors (Lipinski definition) is 0. The minimum Gasteiger partial charge on any atom is -0.294 e. The van der Waals surface area contributed by atoms with Crippen molar-refractivity contribution in [3.05, 3.63) is 23.0 Å². The van der Waals surface area contributed by atoms with E-state index in [1.165, 1.54) is 6.92 Å². The maximum atomic E-state index is 11.0. The van der Waals surface area contributed by atoms with Gasteiger partial charge in [0.05, 0.1) is 0 Å². The van der Waals surface area contributed by atoms with Crippen LogP contribution in [0.3, 0.4) is 0 Å². The lowest BCUT2D eigenvalue weighted by Crippen LogP contribution is -1.90. The second-order valence-corrected chi connectivity index (χ2v) is 3.55. The number of rotatable bonds is 1. The van der Waals surface area contributed by atoms with E-state index in [-0.39, 0.29) is 5.78 Å². The highest BCUT2D eigenvalue weighted by Crippen LogP contribution is 2.15. The zero-order chi connectivity index (χ0) is 8.72. The molecule has 4 heteroatoms. The molecular formula is C8H8N2OS. The molecule has 0 aliphatic carbocycles. The van der Waals surface area contributed by atoms with Crippen molar-refractivity contribution in [2.45, 2.75) is 13.8 Å². The highest BCUT2D eigenvalue weighted by molar-refractivity contribution is 7.15. The standard InChI is InChI=1S/C8H8N2OS/c1-5-4-12-8-9-7(6(2)11)3-10(5)8/h3-4H,1-2H3. The molecule has 0 spiro atoms. The average Bonchev–Trinajstić information content (AvgIpc) is 2.53. The zero-order valence-electron chi connectivity index (χ0n) is 6.87. The van der Waals surface area contributed by atoms with Crippen molar-refractivity contribution >= 4 is 22.1 Å². The molecule has 3 nitrogen and oxygen atoms in total. The van der Waals surface area contributed by atoms with Crippen molar-refractivity contribution in [3.63, 3.8) is 0 Å². The van der Waals surface area contributed by atoms with Crippen LogP contribution in [0.25, 0.3) is 4.96 Å². The smallest absolute Gasteiger partial charge is 0.194 e. The summed E-state index contributed by atoms with van der Waals surface area (Å²) in [5, 5.41) is 2.02. The van der Waals surface area contributed by atoms with E-state index in [1.807, 2.05) is 16.7 Å². The van der Waals surface area contributed by atoms with Crippen molar-refractivity contribution in [2.75, 3.05) is 0 Å². The number of ketones is 1. The molecule has 2 aromatic heterocycles. The minimum absolute atomic E-state index is 0.0188. The maximum absolute atomic E-state index is 11.0. The summed E-state index contributed by atoms with van der Waals surface area (Å²) in [6.07, 6.45) is 1.78. The van der Waals surface area contributed by atoms with Crippen molar-refractivity contribution in [1.82, 2.24) is 9.38 Å². The van der Waals surface area contributed by atoms with Crippen LogP contribution in [-0.4, -0.2) is 15.2 Å². The molecule has 2 rings (SSSR count). The summed E-state index contributed by atoms with van der Waals surface area (Å²) >= 11 is 1.55. The van der Waals surface area contributed by atoms with Crippen LogP contribution in [0.2, 0.25) is 0 Å². The molecule has 0 fully saturated rings. The Morgan fingerprint density at radius 1 is 1.67 bits per heavy atom. The Morgan fingerprint density at radius 3 is 3.00 bits per heavy atom. The van der Waals surface area contributed by atoms with Gasteiger partial charge < -0.3 is 0 Å². The molecule has 0 unspecified atom stereocenters. The van der Waals surface area contributed by atoms with E-state index < -0.39 is 0 Å². The summed E-state index contributed by atoms with van der Waals surface area (Å²) in [6.45, 7) is 3.52. The van der Waals surface area contributed by atoms with E-state index in [9.17, 15) is 4.79 Å². The van der Waals surface area contributed by atoms with E-state index in [4.69, 9.17) is 0 Å². The predicted octanol–water partition coefficient (Wildman–Crippen LogP) is 1.91. The summed E-state index contributed by atoms with van der Waals surface area (Å²) < 4.78 is 1.93. The van der Waals surface area contributed by atoms with Crippen LogP contribution in [0.1, 0.15) is 23.1 Å². The molecule has 2 aromatic rings. The van der Waals surface area contributed by atoms with Gasteiger partial charge in [-0.25, -0.2) is 4.98 Å². The molecular weight excluding hydrogens is 172 g/mol. The normalized spacial score (nSPS) is 10.8. The number of hydrogen-bond acceptors (Lipinski definition) is 3. The molecule has 0 N–H and O–H groups in total. The van der Waals surface area contributed by atoms with Gasteiger partial charge in [0, 0.05) is 24.2 Å². The Bertz CT molecular complexity index is 441. The van der Waals surface area contributed by atoms with Gasteiger partial charge in [0.25, 0.3) is 0 Å². The molecule has 0 aliphatic heterocycles. The largest absolute Gasteiger partial charge is 0.294 e. The van der Waals surface area contributed by atoms with E-state index in [0.29, 0.717) is 5.69 Å². The highest BCUT2D eigenvalue weighted by atomic mass is 32.1. The van der Waals surface area contributed by atoms with Crippen LogP contribution in [0, 0.1) is 6.92 Å². The monoisotopic (exact) mass is 180 g/mol. The third kappa shape index (κ3) is 0.956. The van der Waals surface area contributed by atoms with Gasteiger partial charge in [0.2, 0.25) is 0 Å². The molecule has 0 bridgehead atoms. The van der Waals surface area contributed by atoms with Gasteiger partial charge in [0.1, 0.15) is 5.69 Å². The first kappa shape index (κ1) is 7.49. The van der Waals surface area contributed by atoms with Crippen molar-refractivity contribution < 1.29 is 4.79 Å². The molecule has 0 saturated heterocycles. The number of carbonyl (C=O) groups is 1. The van der Waals surface area contributed by atoms with Crippen LogP contribution >= 0.6 is 11.3 Å². The number of aromatic nitrogens is 2. The zero-order valence-corrected chi connectivity index (χ0v) is 7.68. The van der Waals surface area contributed by atoms with Crippen LogP contribution in [-0.2, 0) is 0 Å². The molecule has 0 atom stereocenters. The molecule has 12 heavy (non-hydrogen) atoms. The number of Topliss-reactive ketones (excluding diaryl/α,β-unsaturated/α-hetero) is 1. The van der Waals surface area contributed by atoms with E-state index in [1.54, 1.807) is 17.5 Å². The van der Waals surface area contributed by atoms with Gasteiger partial charge in [-0.1, -0.05) is 0 Å². The SMILES string of the molecule is CC(=O)c1cn2c(C)csc2n1. The molecule has 2 heterocycles. The summed E-state index contributed by atoms with van der Waals surface area (Å²) in [5.74, 6) is 0.0188. The number of carbonyl (C=O) groups excluding carboxylic acids is 1. The van der Waals surface area contributed by atoms with Crippen LogP contribution < -0.4 is 0 Å². The number of thiazole rings is 1. The molecule has 0 aliphatic rings. The number of fused-ring (bicyclic) bond motifs is 1. The van der Waals surface area contributed by atoms with Gasteiger partial charge in [-0.2, -0.15) is 0 Å². The lowest BCUT2D eigenvalue weighted by molar-refractivity contribution is 0.101. The first-order chi connectivity index (χ1) is 5.68. The minimum atomic E-state index is 0.0188. The second-order valence-electron chi connectivity index (χ2n) is 2.71. The summed E-state index contributed by atoms with van der Waals surface area (Å²) in [7, 11) is 0. The van der Waals surface area contributed by atoms with Gasteiger partial charge in [-0.15, -0.1) is 11.3 Å². The van der Waals surface area contributed by atoms with Crippen molar-refractivity contribution in [2.24, 2.45) is 0 Å². The Labute approximate surface area is 73.7 Å². The third-order valence-electron chi connectivity index (χ3n) is 1.75. The number of imidazole rings is 1. The Balaban J connectivity index is 2.70. The van der Waals surface area contributed by atoms with Crippen LogP contribution in [0.15, 0.2) is 11.6 Å². The van der Waals surface area contributed by atoms with Crippen LogP contribution in [0.5, 0.6) is 0 Å². The molecule has 62 valence electrons. The van der Waals surface area contributed by atoms with Gasteiger partial charge >= 0.3 is 0 Å². The maximum Gasteiger partial charge on any atom is 0.194 e. The predicted molar refractivity (Wildman–Crippen MR) is 47.8 cm³/mol. The topological polar surface area (TPSA) is 34.4 Å². The lowest BCUT2D eigenvalue weighted by atomic mass is 10.3. The first-order valence-electron chi connectivity index (χ1n) is 3.62. The van der Waals surface area contributed by atoms with Crippen molar-refractivity contribution in [1.29, 1.82) is 0 Å². The fraction of sp³-hybridized carbons (Fsp3) is 0.250. The van der Waals surface area contributed by atoms with Gasteiger partial charge in [-0.05, 0) is 6.92 Å². The molecule has 0 amide bonds. The van der Waals surface area contributed by atoms with Crippen LogP contribution in [0.4, 0.5) is 0 Å².